The Morgan fingerprint density at radius 2 is 1.56 bits per heavy atom. The molecular weight excluding hydrogens is 374 g/mol. The summed E-state index contributed by atoms with van der Waals surface area (Å²) in [5.74, 6) is -0.171. The van der Waals surface area contributed by atoms with Crippen molar-refractivity contribution >= 4 is 77.1 Å². The third-order valence-electron chi connectivity index (χ3n) is 3.67. The van der Waals surface area contributed by atoms with Gasteiger partial charge in [-0.25, -0.2) is 0 Å². The standard InChI is InChI=1S/C16H15N5OS3/c17-8-3-6(23)1-2-10(8)20-21-15-12(25)4-7-11(24)5-9(18)14(19)13(7)16(15)22/h1-5,22-25H,17-19H2/b21-20+. The van der Waals surface area contributed by atoms with Gasteiger partial charge in [-0.2, -0.15) is 0 Å². The van der Waals surface area contributed by atoms with E-state index in [1.807, 2.05) is 0 Å². The van der Waals surface area contributed by atoms with Gasteiger partial charge in [-0.3, -0.25) is 0 Å². The van der Waals surface area contributed by atoms with Crippen LogP contribution in [0.2, 0.25) is 0 Å². The molecule has 0 saturated heterocycles. The lowest BCUT2D eigenvalue weighted by molar-refractivity contribution is 0.481. The minimum absolute atomic E-state index is 0.162. The summed E-state index contributed by atoms with van der Waals surface area (Å²) in [6.45, 7) is 0. The fraction of sp³-hybridized carbons (Fsp3) is 0. The molecular formula is C16H15N5OS3. The van der Waals surface area contributed by atoms with Gasteiger partial charge in [0.2, 0.25) is 0 Å². The lowest BCUT2D eigenvalue weighted by Gasteiger charge is -2.13. The third-order valence-corrected chi connectivity index (χ3v) is 4.66. The molecule has 0 fully saturated rings. The number of nitrogens with zero attached hydrogens (tertiary/aromatic N) is 2. The monoisotopic (exact) mass is 389 g/mol. The summed E-state index contributed by atoms with van der Waals surface area (Å²) < 4.78 is 0. The van der Waals surface area contributed by atoms with E-state index in [4.69, 9.17) is 17.2 Å². The normalized spacial score (nSPS) is 11.5. The quantitative estimate of drug-likeness (QED) is 0.197. The summed E-state index contributed by atoms with van der Waals surface area (Å²) in [5.41, 5.74) is 19.3. The van der Waals surface area contributed by atoms with E-state index >= 15 is 0 Å². The number of benzene rings is 3. The van der Waals surface area contributed by atoms with Crippen LogP contribution in [0.3, 0.4) is 0 Å². The highest BCUT2D eigenvalue weighted by Gasteiger charge is 2.17. The molecule has 6 nitrogen and oxygen atoms in total. The zero-order valence-electron chi connectivity index (χ0n) is 12.8. The van der Waals surface area contributed by atoms with Crippen molar-refractivity contribution in [3.05, 3.63) is 30.3 Å². The molecule has 0 bridgehead atoms. The molecule has 0 saturated carbocycles. The van der Waals surface area contributed by atoms with Gasteiger partial charge in [-0.05, 0) is 30.3 Å². The molecule has 3 aromatic rings. The van der Waals surface area contributed by atoms with E-state index in [9.17, 15) is 5.11 Å². The highest BCUT2D eigenvalue weighted by molar-refractivity contribution is 7.81. The number of fused-ring (bicyclic) bond motifs is 1. The molecule has 0 heterocycles. The number of nitrogens with two attached hydrogens (primary N) is 3. The van der Waals surface area contributed by atoms with E-state index < -0.39 is 0 Å². The molecule has 0 spiro atoms. The highest BCUT2D eigenvalue weighted by atomic mass is 32.1. The van der Waals surface area contributed by atoms with Crippen LogP contribution in [0.25, 0.3) is 10.8 Å². The van der Waals surface area contributed by atoms with E-state index in [2.05, 4.69) is 48.1 Å². The zero-order valence-corrected chi connectivity index (χ0v) is 15.5. The van der Waals surface area contributed by atoms with Crippen molar-refractivity contribution in [3.63, 3.8) is 0 Å². The second-order valence-electron chi connectivity index (χ2n) is 5.36. The van der Waals surface area contributed by atoms with Crippen molar-refractivity contribution in [2.45, 2.75) is 14.7 Å². The summed E-state index contributed by atoms with van der Waals surface area (Å²) >= 11 is 13.0. The van der Waals surface area contributed by atoms with Crippen LogP contribution in [-0.4, -0.2) is 5.11 Å². The van der Waals surface area contributed by atoms with E-state index in [1.165, 1.54) is 0 Å². The van der Waals surface area contributed by atoms with Crippen LogP contribution in [0.15, 0.2) is 55.2 Å². The molecule has 9 heteroatoms. The number of nitrogen functional groups attached to an aromatic ring is 3. The first-order valence-corrected chi connectivity index (χ1v) is 8.39. The largest absolute Gasteiger partial charge is 0.505 e. The molecule has 0 unspecified atom stereocenters. The number of aromatic hydroxyl groups is 1. The lowest BCUT2D eigenvalue weighted by atomic mass is 10.1. The van der Waals surface area contributed by atoms with Crippen LogP contribution in [0, 0.1) is 0 Å². The van der Waals surface area contributed by atoms with Crippen LogP contribution < -0.4 is 17.2 Å². The molecule has 0 atom stereocenters. The molecule has 0 aliphatic heterocycles. The van der Waals surface area contributed by atoms with E-state index in [0.717, 1.165) is 0 Å². The topological polar surface area (TPSA) is 123 Å². The molecule has 0 aromatic heterocycles. The first kappa shape index (κ1) is 17.6. The lowest BCUT2D eigenvalue weighted by Crippen LogP contribution is -1.97. The maximum Gasteiger partial charge on any atom is 0.154 e. The van der Waals surface area contributed by atoms with Crippen LogP contribution in [-0.2, 0) is 0 Å². The van der Waals surface area contributed by atoms with Crippen molar-refractivity contribution in [2.24, 2.45) is 10.2 Å². The van der Waals surface area contributed by atoms with Crippen molar-refractivity contribution in [3.8, 4) is 5.75 Å². The summed E-state index contributed by atoms with van der Waals surface area (Å²) in [6, 6.07) is 8.39. The minimum atomic E-state index is -0.171. The number of thiol groups is 3. The first-order valence-electron chi connectivity index (χ1n) is 7.05. The molecule has 3 rings (SSSR count). The predicted molar refractivity (Wildman–Crippen MR) is 111 cm³/mol. The van der Waals surface area contributed by atoms with Gasteiger partial charge in [0.15, 0.2) is 5.75 Å². The van der Waals surface area contributed by atoms with Crippen LogP contribution in [0.5, 0.6) is 5.75 Å². The smallest absolute Gasteiger partial charge is 0.154 e. The van der Waals surface area contributed by atoms with Gasteiger partial charge in [0, 0.05) is 20.1 Å². The highest BCUT2D eigenvalue weighted by Crippen LogP contribution is 2.46. The Hall–Kier alpha value is -2.23. The Morgan fingerprint density at radius 3 is 2.24 bits per heavy atom. The van der Waals surface area contributed by atoms with Crippen LogP contribution in [0.1, 0.15) is 0 Å². The number of azo groups is 1. The minimum Gasteiger partial charge on any atom is -0.505 e. The van der Waals surface area contributed by atoms with Crippen molar-refractivity contribution < 1.29 is 5.11 Å². The Bertz CT molecular complexity index is 1040. The number of hydrogen-bond acceptors (Lipinski definition) is 9. The van der Waals surface area contributed by atoms with Crippen molar-refractivity contribution in [1.29, 1.82) is 0 Å². The van der Waals surface area contributed by atoms with Gasteiger partial charge in [0.1, 0.15) is 11.4 Å². The molecule has 25 heavy (non-hydrogen) atoms. The number of anilines is 3. The Morgan fingerprint density at radius 1 is 0.840 bits per heavy atom. The molecule has 3 aromatic carbocycles. The number of phenols is 1. The van der Waals surface area contributed by atoms with Crippen molar-refractivity contribution in [2.75, 3.05) is 17.2 Å². The Balaban J connectivity index is 2.20. The van der Waals surface area contributed by atoms with E-state index in [0.29, 0.717) is 42.5 Å². The average Bonchev–Trinajstić information content (AvgIpc) is 2.54. The second kappa shape index (κ2) is 6.58. The maximum atomic E-state index is 10.6. The fourth-order valence-electron chi connectivity index (χ4n) is 2.40. The van der Waals surface area contributed by atoms with Gasteiger partial charge in [-0.1, -0.05) is 0 Å². The summed E-state index contributed by atoms with van der Waals surface area (Å²) in [7, 11) is 0. The number of hydrogen-bond donors (Lipinski definition) is 7. The van der Waals surface area contributed by atoms with Gasteiger partial charge in [0.05, 0.1) is 22.4 Å². The maximum absolute atomic E-state index is 10.6. The van der Waals surface area contributed by atoms with Crippen molar-refractivity contribution in [1.82, 2.24) is 0 Å². The summed E-state index contributed by atoms with van der Waals surface area (Å²) in [5, 5.41) is 19.8. The van der Waals surface area contributed by atoms with E-state index in [1.54, 1.807) is 30.3 Å². The summed E-state index contributed by atoms with van der Waals surface area (Å²) in [4.78, 5) is 1.70. The molecule has 0 aliphatic carbocycles. The van der Waals surface area contributed by atoms with Gasteiger partial charge in [0.25, 0.3) is 0 Å². The number of phenolic OH excluding ortho intramolecular Hbond substituents is 1. The summed E-state index contributed by atoms with van der Waals surface area (Å²) in [6.07, 6.45) is 0. The Labute approximate surface area is 160 Å². The van der Waals surface area contributed by atoms with Crippen LogP contribution >= 0.6 is 37.9 Å². The van der Waals surface area contributed by atoms with E-state index in [-0.39, 0.29) is 17.1 Å². The predicted octanol–water partition coefficient (Wildman–Crippen LogP) is 4.57. The van der Waals surface area contributed by atoms with Gasteiger partial charge in [-0.15, -0.1) is 48.1 Å². The SMILES string of the molecule is Nc1cc(S)ccc1/N=N/c1c(S)cc2c(S)cc(N)c(N)c2c1O. The molecule has 128 valence electrons. The van der Waals surface area contributed by atoms with Crippen LogP contribution in [0.4, 0.5) is 28.4 Å². The Kier molecular flexibility index (Phi) is 4.63. The van der Waals surface area contributed by atoms with Gasteiger partial charge < -0.3 is 22.3 Å². The molecule has 0 amide bonds. The first-order chi connectivity index (χ1) is 11.8. The third kappa shape index (κ3) is 3.17. The molecule has 7 N–H and O–H groups in total. The average molecular weight is 390 g/mol. The molecule has 0 radical (unpaired) electrons. The zero-order chi connectivity index (χ0) is 18.3. The van der Waals surface area contributed by atoms with Gasteiger partial charge >= 0.3 is 0 Å². The second-order valence-corrected chi connectivity index (χ2v) is 6.84. The number of rotatable bonds is 2. The molecule has 0 aliphatic rings. The fourth-order valence-corrected chi connectivity index (χ4v) is 3.21.